The van der Waals surface area contributed by atoms with Gasteiger partial charge in [-0.1, -0.05) is 30.3 Å². The van der Waals surface area contributed by atoms with Crippen LogP contribution in [0.4, 0.5) is 0 Å². The number of ether oxygens (including phenoxy) is 1. The topological polar surface area (TPSA) is 91.3 Å². The molecule has 7 heteroatoms. The number of aliphatic hydroxyl groups is 1. The van der Waals surface area contributed by atoms with Crippen molar-refractivity contribution in [2.75, 3.05) is 26.3 Å². The summed E-state index contributed by atoms with van der Waals surface area (Å²) in [6.45, 7) is 2.35. The summed E-state index contributed by atoms with van der Waals surface area (Å²) in [5.41, 5.74) is 5.69. The van der Waals surface area contributed by atoms with E-state index in [1.807, 2.05) is 59.5 Å². The van der Waals surface area contributed by atoms with Gasteiger partial charge in [-0.2, -0.15) is 5.10 Å². The zero-order valence-corrected chi connectivity index (χ0v) is 16.9. The van der Waals surface area contributed by atoms with Gasteiger partial charge in [0.2, 0.25) is 0 Å². The van der Waals surface area contributed by atoms with Gasteiger partial charge in [0.15, 0.2) is 5.65 Å². The molecule has 0 radical (unpaired) electrons. The van der Waals surface area contributed by atoms with Gasteiger partial charge in [-0.05, 0) is 35.4 Å². The fraction of sp³-hybridized carbons (Fsp3) is 0.208. The number of fused-ring (bicyclic) bond motifs is 1. The molecular formula is C24H22N4O3. The minimum atomic E-state index is -0.0241. The molecular weight excluding hydrogens is 392 g/mol. The lowest BCUT2D eigenvalue weighted by Gasteiger charge is -2.27. The number of nitrogens with one attached hydrogen (secondary N) is 1. The zero-order chi connectivity index (χ0) is 21.2. The number of aliphatic hydroxyl groups excluding tert-OH is 1. The van der Waals surface area contributed by atoms with Gasteiger partial charge >= 0.3 is 0 Å². The Labute approximate surface area is 179 Å². The summed E-state index contributed by atoms with van der Waals surface area (Å²) < 4.78 is 5.35. The normalized spacial score (nSPS) is 14.2. The van der Waals surface area contributed by atoms with Crippen LogP contribution < -0.4 is 0 Å². The number of hydrogen-bond donors (Lipinski definition) is 2. The van der Waals surface area contributed by atoms with Crippen LogP contribution in [0.25, 0.3) is 33.4 Å². The average molecular weight is 414 g/mol. The number of H-pyrrole nitrogens is 1. The van der Waals surface area contributed by atoms with Crippen molar-refractivity contribution in [3.05, 3.63) is 71.9 Å². The Hall–Kier alpha value is -3.55. The second-order valence-corrected chi connectivity index (χ2v) is 7.54. The van der Waals surface area contributed by atoms with Crippen molar-refractivity contribution in [2.24, 2.45) is 0 Å². The molecule has 1 aliphatic rings. The van der Waals surface area contributed by atoms with Gasteiger partial charge in [0.25, 0.3) is 5.91 Å². The minimum absolute atomic E-state index is 0.0176. The highest BCUT2D eigenvalue weighted by atomic mass is 16.5. The maximum atomic E-state index is 12.9. The molecule has 0 aliphatic carbocycles. The van der Waals surface area contributed by atoms with E-state index >= 15 is 0 Å². The van der Waals surface area contributed by atoms with Gasteiger partial charge in [0.05, 0.1) is 19.8 Å². The number of benzene rings is 2. The van der Waals surface area contributed by atoms with E-state index in [0.717, 1.165) is 33.3 Å². The van der Waals surface area contributed by atoms with Crippen LogP contribution in [-0.2, 0) is 11.3 Å². The lowest BCUT2D eigenvalue weighted by molar-refractivity contribution is 0.0303. The quantitative estimate of drug-likeness (QED) is 0.535. The number of carbonyl (C=O) groups is 1. The van der Waals surface area contributed by atoms with Crippen LogP contribution in [0.5, 0.6) is 0 Å². The monoisotopic (exact) mass is 414 g/mol. The van der Waals surface area contributed by atoms with Crippen LogP contribution in [0.2, 0.25) is 0 Å². The number of aromatic nitrogens is 3. The number of pyridine rings is 1. The molecule has 1 aliphatic heterocycles. The molecule has 7 nitrogen and oxygen atoms in total. The van der Waals surface area contributed by atoms with Crippen molar-refractivity contribution in [2.45, 2.75) is 6.61 Å². The maximum Gasteiger partial charge on any atom is 0.254 e. The molecule has 0 saturated carbocycles. The lowest BCUT2D eigenvalue weighted by atomic mass is 10.0. The van der Waals surface area contributed by atoms with Crippen molar-refractivity contribution in [1.29, 1.82) is 0 Å². The Kier molecular flexibility index (Phi) is 5.19. The Morgan fingerprint density at radius 2 is 1.84 bits per heavy atom. The standard InChI is InChI=1S/C24H22N4O3/c29-15-16-3-1-5-18(11-16)22-21-13-20(14-25-23(21)27-26-22)17-4-2-6-19(12-17)24(30)28-7-9-31-10-8-28/h1-6,11-14,29H,7-10,15H2,(H,25,26,27). The molecule has 2 aromatic heterocycles. The van der Waals surface area contributed by atoms with Gasteiger partial charge in [-0.15, -0.1) is 0 Å². The molecule has 2 N–H and O–H groups in total. The highest BCUT2D eigenvalue weighted by Crippen LogP contribution is 2.30. The first-order chi connectivity index (χ1) is 15.2. The van der Waals surface area contributed by atoms with Crippen molar-refractivity contribution in [3.8, 4) is 22.4 Å². The third kappa shape index (κ3) is 3.81. The second-order valence-electron chi connectivity index (χ2n) is 7.54. The molecule has 1 saturated heterocycles. The van der Waals surface area contributed by atoms with Gasteiger partial charge in [-0.25, -0.2) is 4.98 Å². The van der Waals surface area contributed by atoms with Gasteiger partial charge in [-0.3, -0.25) is 9.89 Å². The lowest BCUT2D eigenvalue weighted by Crippen LogP contribution is -2.40. The number of aromatic amines is 1. The first kappa shape index (κ1) is 19.4. The third-order valence-corrected chi connectivity index (χ3v) is 5.54. The van der Waals surface area contributed by atoms with Crippen LogP contribution in [0, 0.1) is 0 Å². The molecule has 2 aromatic carbocycles. The number of amides is 1. The summed E-state index contributed by atoms with van der Waals surface area (Å²) >= 11 is 0. The summed E-state index contributed by atoms with van der Waals surface area (Å²) in [7, 11) is 0. The minimum Gasteiger partial charge on any atom is -0.392 e. The van der Waals surface area contributed by atoms with Crippen LogP contribution >= 0.6 is 0 Å². The number of hydrogen-bond acceptors (Lipinski definition) is 5. The largest absolute Gasteiger partial charge is 0.392 e. The third-order valence-electron chi connectivity index (χ3n) is 5.54. The van der Waals surface area contributed by atoms with Gasteiger partial charge < -0.3 is 14.7 Å². The van der Waals surface area contributed by atoms with E-state index in [1.165, 1.54) is 0 Å². The summed E-state index contributed by atoms with van der Waals surface area (Å²) in [5.74, 6) is 0.0176. The summed E-state index contributed by atoms with van der Waals surface area (Å²) in [5, 5.41) is 17.8. The second kappa shape index (κ2) is 8.29. The average Bonchev–Trinajstić information content (AvgIpc) is 3.27. The Bertz CT molecular complexity index is 1240. The van der Waals surface area contributed by atoms with Crippen LogP contribution in [0.1, 0.15) is 15.9 Å². The first-order valence-corrected chi connectivity index (χ1v) is 10.2. The van der Waals surface area contributed by atoms with E-state index in [9.17, 15) is 9.90 Å². The molecule has 0 unspecified atom stereocenters. The fourth-order valence-corrected chi connectivity index (χ4v) is 3.88. The maximum absolute atomic E-state index is 12.9. The predicted octanol–water partition coefficient (Wildman–Crippen LogP) is 3.26. The molecule has 0 bridgehead atoms. The molecule has 5 rings (SSSR count). The molecule has 4 aromatic rings. The van der Waals surface area contributed by atoms with E-state index in [1.54, 1.807) is 6.20 Å². The molecule has 156 valence electrons. The molecule has 31 heavy (non-hydrogen) atoms. The fourth-order valence-electron chi connectivity index (χ4n) is 3.88. The number of nitrogens with zero attached hydrogens (tertiary/aromatic N) is 3. The highest BCUT2D eigenvalue weighted by Gasteiger charge is 2.19. The zero-order valence-electron chi connectivity index (χ0n) is 16.9. The first-order valence-electron chi connectivity index (χ1n) is 10.2. The molecule has 3 heterocycles. The molecule has 1 fully saturated rings. The van der Waals surface area contributed by atoms with E-state index in [0.29, 0.717) is 37.5 Å². The van der Waals surface area contributed by atoms with E-state index in [-0.39, 0.29) is 12.5 Å². The highest BCUT2D eigenvalue weighted by molar-refractivity contribution is 5.97. The Balaban J connectivity index is 1.51. The van der Waals surface area contributed by atoms with Crippen molar-refractivity contribution < 1.29 is 14.6 Å². The summed E-state index contributed by atoms with van der Waals surface area (Å²) in [6, 6.07) is 17.3. The predicted molar refractivity (Wildman–Crippen MR) is 117 cm³/mol. The van der Waals surface area contributed by atoms with E-state index in [2.05, 4.69) is 15.2 Å². The van der Waals surface area contributed by atoms with Crippen LogP contribution in [-0.4, -0.2) is 57.4 Å². The number of rotatable bonds is 4. The van der Waals surface area contributed by atoms with Crippen molar-refractivity contribution in [3.63, 3.8) is 0 Å². The van der Waals surface area contributed by atoms with E-state index in [4.69, 9.17) is 4.74 Å². The number of carbonyl (C=O) groups excluding carboxylic acids is 1. The van der Waals surface area contributed by atoms with E-state index < -0.39 is 0 Å². The summed E-state index contributed by atoms with van der Waals surface area (Å²) in [6.07, 6.45) is 1.78. The number of morpholine rings is 1. The molecule has 1 amide bonds. The SMILES string of the molecule is O=C(c1cccc(-c2cnc3[nH]nc(-c4cccc(CO)c4)c3c2)c1)N1CCOCC1. The Morgan fingerprint density at radius 1 is 1.03 bits per heavy atom. The summed E-state index contributed by atoms with van der Waals surface area (Å²) in [4.78, 5) is 19.2. The Morgan fingerprint density at radius 3 is 2.68 bits per heavy atom. The van der Waals surface area contributed by atoms with Crippen molar-refractivity contribution >= 4 is 16.9 Å². The van der Waals surface area contributed by atoms with Crippen molar-refractivity contribution in [1.82, 2.24) is 20.1 Å². The van der Waals surface area contributed by atoms with Gasteiger partial charge in [0, 0.05) is 41.4 Å². The van der Waals surface area contributed by atoms with Gasteiger partial charge in [0.1, 0.15) is 5.69 Å². The molecule has 0 spiro atoms. The molecule has 0 atom stereocenters. The van der Waals surface area contributed by atoms with Crippen LogP contribution in [0.3, 0.4) is 0 Å². The smallest absolute Gasteiger partial charge is 0.254 e. The van der Waals surface area contributed by atoms with Crippen LogP contribution in [0.15, 0.2) is 60.8 Å².